The van der Waals surface area contributed by atoms with Crippen LogP contribution < -0.4 is 5.32 Å². The fraction of sp³-hybridized carbons (Fsp3) is 0.733. The van der Waals surface area contributed by atoms with Crippen LogP contribution in [0.1, 0.15) is 25.1 Å². The number of hydrogen-bond acceptors (Lipinski definition) is 4. The lowest BCUT2D eigenvalue weighted by Gasteiger charge is -2.23. The smallest absolute Gasteiger partial charge is 0.246 e. The number of amides is 1. The van der Waals surface area contributed by atoms with Gasteiger partial charge in [0.1, 0.15) is 12.4 Å². The van der Waals surface area contributed by atoms with Crippen molar-refractivity contribution in [3.63, 3.8) is 0 Å². The molecule has 6 nitrogen and oxygen atoms in total. The molecule has 21 heavy (non-hydrogen) atoms. The topological polar surface area (TPSA) is 65.4 Å². The Morgan fingerprint density at radius 1 is 1.52 bits per heavy atom. The molecule has 3 rings (SSSR count). The third kappa shape index (κ3) is 4.04. The summed E-state index contributed by atoms with van der Waals surface area (Å²) in [5.41, 5.74) is 0. The van der Waals surface area contributed by atoms with Crippen LogP contribution in [0.5, 0.6) is 0 Å². The number of rotatable bonds is 6. The minimum atomic E-state index is -0.0399. The predicted molar refractivity (Wildman–Crippen MR) is 76.8 cm³/mol. The third-order valence-corrected chi connectivity index (χ3v) is 4.20. The molecule has 2 atom stereocenters. The second-order valence-corrected chi connectivity index (χ2v) is 5.85. The maximum atomic E-state index is 11.8. The lowest BCUT2D eigenvalue weighted by Crippen LogP contribution is -2.35. The number of carbonyl (C=O) groups is 1. The summed E-state index contributed by atoms with van der Waals surface area (Å²) in [4.78, 5) is 16.1. The van der Waals surface area contributed by atoms with Gasteiger partial charge < -0.3 is 19.4 Å². The molecule has 1 N–H and O–H groups in total. The van der Waals surface area contributed by atoms with E-state index in [1.807, 2.05) is 12.4 Å². The third-order valence-electron chi connectivity index (χ3n) is 4.20. The van der Waals surface area contributed by atoms with E-state index in [4.69, 9.17) is 9.47 Å². The summed E-state index contributed by atoms with van der Waals surface area (Å²) >= 11 is 0. The Hall–Kier alpha value is -1.40. The summed E-state index contributed by atoms with van der Waals surface area (Å²) in [5.74, 6) is 1.55. The van der Waals surface area contributed by atoms with Crippen LogP contribution in [0.25, 0.3) is 0 Å². The number of nitrogens with zero attached hydrogens (tertiary/aromatic N) is 2. The SMILES string of the molecule is O=C(COC[C@@H]1CCCO1)NC[C@@H]1CCn2ccnc2C1. The van der Waals surface area contributed by atoms with Crippen LogP contribution >= 0.6 is 0 Å². The van der Waals surface area contributed by atoms with Gasteiger partial charge in [-0.15, -0.1) is 0 Å². The van der Waals surface area contributed by atoms with E-state index in [9.17, 15) is 4.79 Å². The number of nitrogens with one attached hydrogen (secondary N) is 1. The number of hydrogen-bond donors (Lipinski definition) is 1. The molecule has 1 saturated heterocycles. The molecule has 0 radical (unpaired) electrons. The number of imidazole rings is 1. The molecule has 0 aromatic carbocycles. The van der Waals surface area contributed by atoms with Crippen molar-refractivity contribution >= 4 is 5.91 Å². The zero-order chi connectivity index (χ0) is 14.5. The van der Waals surface area contributed by atoms with Crippen molar-refractivity contribution in [1.82, 2.24) is 14.9 Å². The minimum absolute atomic E-state index is 0.0399. The molecule has 116 valence electrons. The van der Waals surface area contributed by atoms with E-state index >= 15 is 0 Å². The summed E-state index contributed by atoms with van der Waals surface area (Å²) in [6.07, 6.45) is 8.19. The molecule has 0 aliphatic carbocycles. The fourth-order valence-electron chi connectivity index (χ4n) is 2.96. The molecule has 1 aromatic heterocycles. The van der Waals surface area contributed by atoms with Gasteiger partial charge in [0.25, 0.3) is 0 Å². The Labute approximate surface area is 124 Å². The quantitative estimate of drug-likeness (QED) is 0.841. The van der Waals surface area contributed by atoms with Gasteiger partial charge in [-0.3, -0.25) is 4.79 Å². The highest BCUT2D eigenvalue weighted by molar-refractivity contribution is 5.77. The Kier molecular flexibility index (Phi) is 4.87. The Balaban J connectivity index is 1.31. The highest BCUT2D eigenvalue weighted by atomic mass is 16.5. The van der Waals surface area contributed by atoms with Crippen LogP contribution in [-0.2, 0) is 27.2 Å². The molecule has 0 saturated carbocycles. The molecule has 2 aliphatic rings. The standard InChI is InChI=1S/C15H23N3O3/c19-15(11-20-10-13-2-1-7-21-13)17-9-12-3-5-18-6-4-16-14(18)8-12/h4,6,12-13H,1-3,5,7-11H2,(H,17,19)/t12-,13+/m1/s1. The van der Waals surface area contributed by atoms with Gasteiger partial charge in [-0.2, -0.15) is 0 Å². The van der Waals surface area contributed by atoms with E-state index in [1.54, 1.807) is 0 Å². The van der Waals surface area contributed by atoms with E-state index < -0.39 is 0 Å². The zero-order valence-electron chi connectivity index (χ0n) is 12.3. The number of carbonyl (C=O) groups excluding carboxylic acids is 1. The van der Waals surface area contributed by atoms with Gasteiger partial charge in [0.15, 0.2) is 0 Å². The van der Waals surface area contributed by atoms with Crippen LogP contribution in [0.3, 0.4) is 0 Å². The monoisotopic (exact) mass is 293 g/mol. The van der Waals surface area contributed by atoms with E-state index in [0.29, 0.717) is 19.1 Å². The molecule has 0 spiro atoms. The first-order valence-electron chi connectivity index (χ1n) is 7.77. The van der Waals surface area contributed by atoms with E-state index in [1.165, 1.54) is 0 Å². The average Bonchev–Trinajstić information content (AvgIpc) is 3.15. The first-order chi connectivity index (χ1) is 10.3. The molecule has 2 aliphatic heterocycles. The van der Waals surface area contributed by atoms with E-state index in [0.717, 1.165) is 44.7 Å². The number of fused-ring (bicyclic) bond motifs is 1. The molecule has 0 bridgehead atoms. The normalized spacial score (nSPS) is 24.8. The molecular weight excluding hydrogens is 270 g/mol. The molecule has 6 heteroatoms. The molecule has 3 heterocycles. The van der Waals surface area contributed by atoms with Crippen LogP contribution in [0.4, 0.5) is 0 Å². The van der Waals surface area contributed by atoms with Crippen molar-refractivity contribution in [1.29, 1.82) is 0 Å². The highest BCUT2D eigenvalue weighted by Crippen LogP contribution is 2.18. The van der Waals surface area contributed by atoms with E-state index in [-0.39, 0.29) is 18.6 Å². The van der Waals surface area contributed by atoms with Crippen molar-refractivity contribution in [3.8, 4) is 0 Å². The summed E-state index contributed by atoms with van der Waals surface area (Å²) in [6.45, 7) is 3.16. The molecule has 1 aromatic rings. The number of aromatic nitrogens is 2. The largest absolute Gasteiger partial charge is 0.376 e. The summed E-state index contributed by atoms with van der Waals surface area (Å²) in [7, 11) is 0. The van der Waals surface area contributed by atoms with Gasteiger partial charge >= 0.3 is 0 Å². The van der Waals surface area contributed by atoms with Crippen molar-refractivity contribution < 1.29 is 14.3 Å². The van der Waals surface area contributed by atoms with Crippen molar-refractivity contribution in [3.05, 3.63) is 18.2 Å². The van der Waals surface area contributed by atoms with Gasteiger partial charge in [0.2, 0.25) is 5.91 Å². The second-order valence-electron chi connectivity index (χ2n) is 5.85. The predicted octanol–water partition coefficient (Wildman–Crippen LogP) is 0.757. The van der Waals surface area contributed by atoms with Gasteiger partial charge in [0, 0.05) is 38.5 Å². The lowest BCUT2D eigenvalue weighted by atomic mass is 9.98. The van der Waals surface area contributed by atoms with Crippen LogP contribution in [-0.4, -0.2) is 47.9 Å². The number of ether oxygens (including phenoxy) is 2. The zero-order valence-corrected chi connectivity index (χ0v) is 12.3. The molecule has 1 amide bonds. The molecular formula is C15H23N3O3. The maximum absolute atomic E-state index is 11.8. The summed E-state index contributed by atoms with van der Waals surface area (Å²) in [5, 5.41) is 2.96. The first-order valence-corrected chi connectivity index (χ1v) is 7.77. The van der Waals surface area contributed by atoms with Crippen molar-refractivity contribution in [2.24, 2.45) is 5.92 Å². The van der Waals surface area contributed by atoms with Gasteiger partial charge in [-0.05, 0) is 25.2 Å². The number of aryl methyl sites for hydroxylation is 1. The van der Waals surface area contributed by atoms with Gasteiger partial charge in [-0.25, -0.2) is 4.98 Å². The first kappa shape index (κ1) is 14.5. The fourth-order valence-corrected chi connectivity index (χ4v) is 2.96. The summed E-state index contributed by atoms with van der Waals surface area (Å²) in [6, 6.07) is 0. The average molecular weight is 293 g/mol. The van der Waals surface area contributed by atoms with E-state index in [2.05, 4.69) is 14.9 Å². The Morgan fingerprint density at radius 2 is 2.48 bits per heavy atom. The Morgan fingerprint density at radius 3 is 3.33 bits per heavy atom. The van der Waals surface area contributed by atoms with Gasteiger partial charge in [0.05, 0.1) is 12.7 Å². The van der Waals surface area contributed by atoms with Crippen LogP contribution in [0.15, 0.2) is 12.4 Å². The molecule has 0 unspecified atom stereocenters. The summed E-state index contributed by atoms with van der Waals surface area (Å²) < 4.78 is 13.0. The van der Waals surface area contributed by atoms with Crippen LogP contribution in [0.2, 0.25) is 0 Å². The lowest BCUT2D eigenvalue weighted by molar-refractivity contribution is -0.127. The van der Waals surface area contributed by atoms with Gasteiger partial charge in [-0.1, -0.05) is 0 Å². The Bertz CT molecular complexity index is 468. The van der Waals surface area contributed by atoms with Crippen LogP contribution in [0, 0.1) is 5.92 Å². The minimum Gasteiger partial charge on any atom is -0.376 e. The van der Waals surface area contributed by atoms with Crippen molar-refractivity contribution in [2.75, 3.05) is 26.4 Å². The maximum Gasteiger partial charge on any atom is 0.246 e. The molecule has 1 fully saturated rings. The highest BCUT2D eigenvalue weighted by Gasteiger charge is 2.20. The van der Waals surface area contributed by atoms with Crippen molar-refractivity contribution in [2.45, 2.75) is 38.3 Å². The second kappa shape index (κ2) is 7.04.